The van der Waals surface area contributed by atoms with Gasteiger partial charge in [0.05, 0.1) is 4.92 Å². The Morgan fingerprint density at radius 3 is 2.50 bits per heavy atom. The summed E-state index contributed by atoms with van der Waals surface area (Å²) >= 11 is 0. The number of nitro benzene ring substituents is 1. The predicted molar refractivity (Wildman–Crippen MR) is 72.9 cm³/mol. The van der Waals surface area contributed by atoms with Crippen molar-refractivity contribution in [3.63, 3.8) is 0 Å². The highest BCUT2D eigenvalue weighted by molar-refractivity contribution is 5.63. The van der Waals surface area contributed by atoms with Crippen molar-refractivity contribution in [3.05, 3.63) is 33.9 Å². The van der Waals surface area contributed by atoms with Crippen molar-refractivity contribution in [1.82, 2.24) is 0 Å². The molecule has 0 bridgehead atoms. The predicted octanol–water partition coefficient (Wildman–Crippen LogP) is 4.04. The quantitative estimate of drug-likeness (QED) is 0.499. The summed E-state index contributed by atoms with van der Waals surface area (Å²) in [6.45, 7) is 1.96. The minimum absolute atomic E-state index is 0.185. The van der Waals surface area contributed by atoms with E-state index in [1.54, 1.807) is 12.1 Å². The molecule has 0 radical (unpaired) electrons. The van der Waals surface area contributed by atoms with Gasteiger partial charge in [-0.1, -0.05) is 31.7 Å². The van der Waals surface area contributed by atoms with Gasteiger partial charge in [0.1, 0.15) is 5.69 Å². The Morgan fingerprint density at radius 2 is 1.89 bits per heavy atom. The molecule has 0 amide bonds. The van der Waals surface area contributed by atoms with E-state index in [-0.39, 0.29) is 10.6 Å². The SMILES string of the molecule is Cc1ccc([N+](=O)[O-])c(NC2CCCCCC2)c1. The standard InChI is InChI=1S/C14H20N2O2/c1-11-8-9-14(16(17)18)13(10-11)15-12-6-4-2-3-5-7-12/h8-10,12,15H,2-7H2,1H3. The van der Waals surface area contributed by atoms with Crippen molar-refractivity contribution in [2.45, 2.75) is 51.5 Å². The average molecular weight is 248 g/mol. The molecule has 0 aliphatic heterocycles. The molecule has 0 heterocycles. The molecule has 0 atom stereocenters. The summed E-state index contributed by atoms with van der Waals surface area (Å²) in [7, 11) is 0. The van der Waals surface area contributed by atoms with E-state index < -0.39 is 0 Å². The molecule has 1 saturated carbocycles. The summed E-state index contributed by atoms with van der Waals surface area (Å²) in [5.41, 5.74) is 1.91. The smallest absolute Gasteiger partial charge is 0.292 e. The topological polar surface area (TPSA) is 55.2 Å². The third-order valence-corrected chi connectivity index (χ3v) is 3.56. The van der Waals surface area contributed by atoms with Crippen molar-refractivity contribution in [3.8, 4) is 0 Å². The fraction of sp³-hybridized carbons (Fsp3) is 0.571. The molecule has 0 aromatic heterocycles. The minimum atomic E-state index is -0.307. The van der Waals surface area contributed by atoms with Crippen LogP contribution in [0.3, 0.4) is 0 Å². The highest BCUT2D eigenvalue weighted by atomic mass is 16.6. The lowest BCUT2D eigenvalue weighted by atomic mass is 10.1. The first kappa shape index (κ1) is 12.9. The molecule has 2 rings (SSSR count). The molecular formula is C14H20N2O2. The number of hydrogen-bond acceptors (Lipinski definition) is 3. The summed E-state index contributed by atoms with van der Waals surface area (Å²) in [4.78, 5) is 10.7. The second kappa shape index (κ2) is 5.85. The van der Waals surface area contributed by atoms with Gasteiger partial charge in [-0.15, -0.1) is 0 Å². The van der Waals surface area contributed by atoms with E-state index in [0.29, 0.717) is 11.7 Å². The Balaban J connectivity index is 2.15. The van der Waals surface area contributed by atoms with Crippen LogP contribution in [-0.4, -0.2) is 11.0 Å². The van der Waals surface area contributed by atoms with E-state index in [4.69, 9.17) is 0 Å². The maximum absolute atomic E-state index is 11.0. The molecular weight excluding hydrogens is 228 g/mol. The van der Waals surface area contributed by atoms with Crippen molar-refractivity contribution in [2.24, 2.45) is 0 Å². The van der Waals surface area contributed by atoms with E-state index in [1.807, 2.05) is 13.0 Å². The normalized spacial score (nSPS) is 17.2. The largest absolute Gasteiger partial charge is 0.377 e. The van der Waals surface area contributed by atoms with E-state index in [0.717, 1.165) is 18.4 Å². The first-order valence-electron chi connectivity index (χ1n) is 6.68. The summed E-state index contributed by atoms with van der Waals surface area (Å²) in [6, 6.07) is 5.64. The van der Waals surface area contributed by atoms with Gasteiger partial charge < -0.3 is 5.32 Å². The highest BCUT2D eigenvalue weighted by Crippen LogP contribution is 2.28. The van der Waals surface area contributed by atoms with Gasteiger partial charge in [-0.2, -0.15) is 0 Å². The van der Waals surface area contributed by atoms with Crippen LogP contribution in [0.4, 0.5) is 11.4 Å². The minimum Gasteiger partial charge on any atom is -0.377 e. The molecule has 18 heavy (non-hydrogen) atoms. The van der Waals surface area contributed by atoms with Crippen LogP contribution in [-0.2, 0) is 0 Å². The number of aryl methyl sites for hydroxylation is 1. The van der Waals surface area contributed by atoms with Crippen LogP contribution in [0.25, 0.3) is 0 Å². The number of nitrogens with zero attached hydrogens (tertiary/aromatic N) is 1. The zero-order valence-electron chi connectivity index (χ0n) is 10.8. The van der Waals surface area contributed by atoms with Crippen LogP contribution >= 0.6 is 0 Å². The fourth-order valence-corrected chi connectivity index (χ4v) is 2.57. The van der Waals surface area contributed by atoms with E-state index >= 15 is 0 Å². The van der Waals surface area contributed by atoms with Gasteiger partial charge in [0.25, 0.3) is 5.69 Å². The molecule has 1 aliphatic rings. The third-order valence-electron chi connectivity index (χ3n) is 3.56. The Bertz CT molecular complexity index is 424. The molecule has 0 unspecified atom stereocenters. The Hall–Kier alpha value is -1.58. The first-order valence-corrected chi connectivity index (χ1v) is 6.68. The number of nitrogens with one attached hydrogen (secondary N) is 1. The van der Waals surface area contributed by atoms with Crippen LogP contribution in [0.5, 0.6) is 0 Å². The molecule has 1 aromatic carbocycles. The maximum Gasteiger partial charge on any atom is 0.292 e. The van der Waals surface area contributed by atoms with Gasteiger partial charge >= 0.3 is 0 Å². The van der Waals surface area contributed by atoms with Crippen molar-refractivity contribution < 1.29 is 4.92 Å². The Morgan fingerprint density at radius 1 is 1.22 bits per heavy atom. The molecule has 98 valence electrons. The number of rotatable bonds is 3. The van der Waals surface area contributed by atoms with E-state index in [1.165, 1.54) is 25.7 Å². The zero-order chi connectivity index (χ0) is 13.0. The lowest BCUT2D eigenvalue weighted by Gasteiger charge is -2.17. The summed E-state index contributed by atoms with van der Waals surface area (Å²) < 4.78 is 0. The van der Waals surface area contributed by atoms with Crippen LogP contribution in [0, 0.1) is 17.0 Å². The number of hydrogen-bond donors (Lipinski definition) is 1. The van der Waals surface area contributed by atoms with Crippen molar-refractivity contribution in [1.29, 1.82) is 0 Å². The summed E-state index contributed by atoms with van der Waals surface area (Å²) in [6.07, 6.45) is 7.24. The molecule has 1 aliphatic carbocycles. The molecule has 1 N–H and O–H groups in total. The number of benzene rings is 1. The van der Waals surface area contributed by atoms with Crippen molar-refractivity contribution in [2.75, 3.05) is 5.32 Å². The van der Waals surface area contributed by atoms with Crippen LogP contribution in [0.15, 0.2) is 18.2 Å². The summed E-state index contributed by atoms with van der Waals surface area (Å²) in [5, 5.41) is 14.4. The third kappa shape index (κ3) is 3.22. The Kier molecular flexibility index (Phi) is 4.18. The second-order valence-electron chi connectivity index (χ2n) is 5.11. The monoisotopic (exact) mass is 248 g/mol. The van der Waals surface area contributed by atoms with Crippen LogP contribution in [0.1, 0.15) is 44.1 Å². The first-order chi connectivity index (χ1) is 8.66. The molecule has 1 aromatic rings. The molecule has 0 saturated heterocycles. The van der Waals surface area contributed by atoms with Crippen LogP contribution in [0.2, 0.25) is 0 Å². The van der Waals surface area contributed by atoms with E-state index in [2.05, 4.69) is 5.32 Å². The molecule has 0 spiro atoms. The number of nitro groups is 1. The van der Waals surface area contributed by atoms with Gasteiger partial charge in [-0.3, -0.25) is 10.1 Å². The van der Waals surface area contributed by atoms with Crippen LogP contribution < -0.4 is 5.32 Å². The van der Waals surface area contributed by atoms with Gasteiger partial charge in [0.15, 0.2) is 0 Å². The lowest BCUT2D eigenvalue weighted by Crippen LogP contribution is -2.19. The second-order valence-corrected chi connectivity index (χ2v) is 5.11. The molecule has 4 heteroatoms. The maximum atomic E-state index is 11.0. The summed E-state index contributed by atoms with van der Waals surface area (Å²) in [5.74, 6) is 0. The number of anilines is 1. The average Bonchev–Trinajstić information content (AvgIpc) is 2.57. The van der Waals surface area contributed by atoms with Gasteiger partial charge in [0, 0.05) is 12.1 Å². The Labute approximate surface area is 108 Å². The molecule has 4 nitrogen and oxygen atoms in total. The highest BCUT2D eigenvalue weighted by Gasteiger charge is 2.18. The fourth-order valence-electron chi connectivity index (χ4n) is 2.57. The van der Waals surface area contributed by atoms with Gasteiger partial charge in [-0.25, -0.2) is 0 Å². The zero-order valence-corrected chi connectivity index (χ0v) is 10.8. The lowest BCUT2D eigenvalue weighted by molar-refractivity contribution is -0.384. The van der Waals surface area contributed by atoms with Crippen molar-refractivity contribution >= 4 is 11.4 Å². The van der Waals surface area contributed by atoms with Gasteiger partial charge in [0.2, 0.25) is 0 Å². The molecule has 1 fully saturated rings. The van der Waals surface area contributed by atoms with E-state index in [9.17, 15) is 10.1 Å². The van der Waals surface area contributed by atoms with Gasteiger partial charge in [-0.05, 0) is 31.4 Å².